The number of benzene rings is 4. The van der Waals surface area contributed by atoms with Gasteiger partial charge in [0.1, 0.15) is 11.6 Å². The summed E-state index contributed by atoms with van der Waals surface area (Å²) in [5.41, 5.74) is 8.26. The van der Waals surface area contributed by atoms with Crippen LogP contribution in [0.3, 0.4) is 0 Å². The van der Waals surface area contributed by atoms with Crippen molar-refractivity contribution >= 4 is 17.5 Å². The van der Waals surface area contributed by atoms with Crippen LogP contribution < -0.4 is 34.9 Å². The number of methoxy groups -OCH3 is 3. The zero-order chi connectivity index (χ0) is 31.5. The van der Waals surface area contributed by atoms with Gasteiger partial charge < -0.3 is 34.9 Å². The van der Waals surface area contributed by atoms with Crippen molar-refractivity contribution < 1.29 is 32.9 Å². The molecular weight excluding hydrogens is 565 g/mol. The van der Waals surface area contributed by atoms with Gasteiger partial charge in [-0.3, -0.25) is 9.59 Å². The van der Waals surface area contributed by atoms with Gasteiger partial charge in [0, 0.05) is 31.5 Å². The molecule has 0 aromatic heterocycles. The molecule has 44 heavy (non-hydrogen) atoms. The largest absolute Gasteiger partial charge is 0.493 e. The van der Waals surface area contributed by atoms with Gasteiger partial charge in [0.25, 0.3) is 0 Å². The predicted octanol–water partition coefficient (Wildman–Crippen LogP) is 5.73. The van der Waals surface area contributed by atoms with E-state index >= 15 is 0 Å². The van der Waals surface area contributed by atoms with Crippen molar-refractivity contribution in [2.75, 3.05) is 26.2 Å². The minimum absolute atomic E-state index is 0.0212. The molecule has 4 aromatic rings. The van der Waals surface area contributed by atoms with Crippen molar-refractivity contribution in [2.45, 2.75) is 32.5 Å². The second kappa shape index (κ2) is 15.4. The lowest BCUT2D eigenvalue weighted by Crippen LogP contribution is -2.32. The molecule has 0 heterocycles. The quantitative estimate of drug-likeness (QED) is 0.190. The van der Waals surface area contributed by atoms with Gasteiger partial charge in [0.05, 0.1) is 33.6 Å². The highest BCUT2D eigenvalue weighted by molar-refractivity contribution is 5.96. The summed E-state index contributed by atoms with van der Waals surface area (Å²) in [6, 6.07) is 24.3. The summed E-state index contributed by atoms with van der Waals surface area (Å²) in [5.74, 6) is 1.18. The monoisotopic (exact) mass is 601 g/mol. The second-order valence-corrected chi connectivity index (χ2v) is 9.80. The number of para-hydroxylation sites is 2. The first-order valence-corrected chi connectivity index (χ1v) is 14.0. The van der Waals surface area contributed by atoms with Crippen LogP contribution in [-0.2, 0) is 29.2 Å². The summed E-state index contributed by atoms with van der Waals surface area (Å²) in [5, 5.41) is 2.69. The van der Waals surface area contributed by atoms with Crippen LogP contribution in [0.4, 0.5) is 10.1 Å². The Bertz CT molecular complexity index is 1570. The molecule has 0 atom stereocenters. The standard InChI is InChI=1S/C34H36FN3O6/c1-41-30-18-24(19-31(42-2)34(30)43-3)22-38(33(40)16-15-32(39)37-21-25-10-4-5-12-27(25)35)28-13-6-7-14-29(28)44-26-11-8-9-23(17-26)20-36/h4-14,17-19H,15-16,20-22,36H2,1-3H3,(H,37,39). The van der Waals surface area contributed by atoms with Crippen LogP contribution in [0, 0.1) is 5.82 Å². The number of hydrogen-bond acceptors (Lipinski definition) is 7. The maximum atomic E-state index is 14.0. The Labute approximate surface area is 256 Å². The van der Waals surface area contributed by atoms with Crippen molar-refractivity contribution in [3.63, 3.8) is 0 Å². The number of rotatable bonds is 14. The Hall–Kier alpha value is -5.09. The van der Waals surface area contributed by atoms with E-state index in [2.05, 4.69) is 5.32 Å². The lowest BCUT2D eigenvalue weighted by atomic mass is 10.1. The summed E-state index contributed by atoms with van der Waals surface area (Å²) < 4.78 is 36.7. The SMILES string of the molecule is COc1cc(CN(C(=O)CCC(=O)NCc2ccccc2F)c2ccccc2Oc2cccc(CN)c2)cc(OC)c1OC. The number of anilines is 1. The third-order valence-corrected chi connectivity index (χ3v) is 6.88. The fourth-order valence-electron chi connectivity index (χ4n) is 4.63. The molecule has 0 bridgehead atoms. The molecule has 0 aliphatic carbocycles. The Balaban J connectivity index is 1.62. The number of hydrogen-bond donors (Lipinski definition) is 2. The summed E-state index contributed by atoms with van der Waals surface area (Å²) in [6.07, 6.45) is -0.203. The van der Waals surface area contributed by atoms with Crippen LogP contribution in [0.2, 0.25) is 0 Å². The zero-order valence-corrected chi connectivity index (χ0v) is 25.0. The van der Waals surface area contributed by atoms with Gasteiger partial charge in [-0.1, -0.05) is 42.5 Å². The van der Waals surface area contributed by atoms with E-state index in [4.69, 9.17) is 24.7 Å². The van der Waals surface area contributed by atoms with Crippen LogP contribution >= 0.6 is 0 Å². The van der Waals surface area contributed by atoms with E-state index in [0.717, 1.165) is 5.56 Å². The Morgan fingerprint density at radius 3 is 2.18 bits per heavy atom. The lowest BCUT2D eigenvalue weighted by molar-refractivity contribution is -0.125. The van der Waals surface area contributed by atoms with E-state index in [-0.39, 0.29) is 37.7 Å². The minimum Gasteiger partial charge on any atom is -0.493 e. The molecule has 9 nitrogen and oxygen atoms in total. The summed E-state index contributed by atoms with van der Waals surface area (Å²) >= 11 is 0. The number of halogens is 1. The maximum absolute atomic E-state index is 14.0. The Morgan fingerprint density at radius 2 is 1.50 bits per heavy atom. The predicted molar refractivity (Wildman–Crippen MR) is 166 cm³/mol. The second-order valence-electron chi connectivity index (χ2n) is 9.80. The lowest BCUT2D eigenvalue weighted by Gasteiger charge is -2.26. The fourth-order valence-corrected chi connectivity index (χ4v) is 4.63. The molecule has 0 unspecified atom stereocenters. The van der Waals surface area contributed by atoms with Crippen LogP contribution in [-0.4, -0.2) is 33.1 Å². The van der Waals surface area contributed by atoms with E-state index < -0.39 is 5.82 Å². The highest BCUT2D eigenvalue weighted by Crippen LogP contribution is 2.40. The molecule has 10 heteroatoms. The normalized spacial score (nSPS) is 10.6. The highest BCUT2D eigenvalue weighted by atomic mass is 19.1. The smallest absolute Gasteiger partial charge is 0.227 e. The number of amides is 2. The van der Waals surface area contributed by atoms with Crippen molar-refractivity contribution in [1.82, 2.24) is 5.32 Å². The molecule has 0 saturated heterocycles. The molecule has 3 N–H and O–H groups in total. The van der Waals surface area contributed by atoms with Crippen molar-refractivity contribution in [3.8, 4) is 28.7 Å². The van der Waals surface area contributed by atoms with Crippen LogP contribution in [0.5, 0.6) is 28.7 Å². The molecule has 0 radical (unpaired) electrons. The summed E-state index contributed by atoms with van der Waals surface area (Å²) in [6.45, 7) is 0.479. The van der Waals surface area contributed by atoms with Gasteiger partial charge in [0.2, 0.25) is 17.6 Å². The number of ether oxygens (including phenoxy) is 4. The van der Waals surface area contributed by atoms with E-state index in [1.165, 1.54) is 27.4 Å². The zero-order valence-electron chi connectivity index (χ0n) is 25.0. The highest BCUT2D eigenvalue weighted by Gasteiger charge is 2.23. The number of nitrogens with zero attached hydrogens (tertiary/aromatic N) is 1. The van der Waals surface area contributed by atoms with Gasteiger partial charge in [0.15, 0.2) is 17.2 Å². The van der Waals surface area contributed by atoms with Crippen LogP contribution in [0.1, 0.15) is 29.5 Å². The average molecular weight is 602 g/mol. The van der Waals surface area contributed by atoms with E-state index in [9.17, 15) is 14.0 Å². The molecule has 0 fully saturated rings. The first-order chi connectivity index (χ1) is 21.4. The maximum Gasteiger partial charge on any atom is 0.227 e. The third-order valence-electron chi connectivity index (χ3n) is 6.88. The summed E-state index contributed by atoms with van der Waals surface area (Å²) in [7, 11) is 4.55. The third kappa shape index (κ3) is 8.05. The van der Waals surface area contributed by atoms with E-state index in [1.54, 1.807) is 59.5 Å². The molecule has 4 aromatic carbocycles. The first kappa shape index (κ1) is 31.8. The number of carbonyl (C=O) groups is 2. The van der Waals surface area contributed by atoms with E-state index in [1.807, 2.05) is 24.3 Å². The first-order valence-electron chi connectivity index (χ1n) is 14.0. The van der Waals surface area contributed by atoms with Crippen LogP contribution in [0.15, 0.2) is 84.9 Å². The fraction of sp³-hybridized carbons (Fsp3) is 0.235. The van der Waals surface area contributed by atoms with Crippen molar-refractivity contribution in [3.05, 3.63) is 107 Å². The molecule has 0 saturated carbocycles. The van der Waals surface area contributed by atoms with Gasteiger partial charge in [-0.15, -0.1) is 0 Å². The topological polar surface area (TPSA) is 112 Å². The number of nitrogens with one attached hydrogen (secondary N) is 1. The molecule has 230 valence electrons. The minimum atomic E-state index is -0.408. The summed E-state index contributed by atoms with van der Waals surface area (Å²) in [4.78, 5) is 28.1. The molecule has 0 spiro atoms. The van der Waals surface area contributed by atoms with Gasteiger partial charge in [-0.25, -0.2) is 4.39 Å². The Morgan fingerprint density at radius 1 is 0.795 bits per heavy atom. The molecule has 2 amide bonds. The van der Waals surface area contributed by atoms with Gasteiger partial charge in [-0.2, -0.15) is 0 Å². The van der Waals surface area contributed by atoms with Gasteiger partial charge >= 0.3 is 0 Å². The van der Waals surface area contributed by atoms with Crippen LogP contribution in [0.25, 0.3) is 0 Å². The van der Waals surface area contributed by atoms with Gasteiger partial charge in [-0.05, 0) is 53.6 Å². The number of nitrogens with two attached hydrogens (primary N) is 1. The van der Waals surface area contributed by atoms with E-state index in [0.29, 0.717) is 52.1 Å². The molecule has 0 aliphatic rings. The average Bonchev–Trinajstić information content (AvgIpc) is 3.05. The molecular formula is C34H36FN3O6. The molecule has 4 rings (SSSR count). The molecule has 0 aliphatic heterocycles. The van der Waals surface area contributed by atoms with Crippen molar-refractivity contribution in [1.29, 1.82) is 0 Å². The number of carbonyl (C=O) groups excluding carboxylic acids is 2. The van der Waals surface area contributed by atoms with Crippen molar-refractivity contribution in [2.24, 2.45) is 5.73 Å². The Kier molecular flexibility index (Phi) is 11.1.